The van der Waals surface area contributed by atoms with Crippen LogP contribution in [0.3, 0.4) is 0 Å². The van der Waals surface area contributed by atoms with E-state index in [1.807, 2.05) is 31.2 Å². The van der Waals surface area contributed by atoms with Crippen molar-refractivity contribution in [3.8, 4) is 0 Å². The van der Waals surface area contributed by atoms with Crippen molar-refractivity contribution in [2.24, 2.45) is 5.92 Å². The molecule has 1 aliphatic heterocycles. The minimum Gasteiger partial charge on any atom is -0.481 e. The van der Waals surface area contributed by atoms with Crippen molar-refractivity contribution in [2.75, 3.05) is 18.5 Å². The van der Waals surface area contributed by atoms with Crippen molar-refractivity contribution in [2.45, 2.75) is 63.8 Å². The van der Waals surface area contributed by atoms with Crippen molar-refractivity contribution in [1.29, 1.82) is 0 Å². The summed E-state index contributed by atoms with van der Waals surface area (Å²) in [7, 11) is 0. The van der Waals surface area contributed by atoms with Crippen LogP contribution in [0.15, 0.2) is 40.8 Å². The number of nitrogens with one attached hydrogen (secondary N) is 1. The number of benzene rings is 2. The maximum atomic E-state index is 15.3. The number of hydrogen-bond acceptors (Lipinski definition) is 6. The maximum absolute atomic E-state index is 15.3. The van der Waals surface area contributed by atoms with Crippen LogP contribution in [0.25, 0.3) is 11.1 Å². The number of anilines is 2. The molecule has 38 heavy (non-hydrogen) atoms. The summed E-state index contributed by atoms with van der Waals surface area (Å²) in [6.45, 7) is 2.04. The molecule has 1 amide bonds. The van der Waals surface area contributed by atoms with E-state index < -0.39 is 24.0 Å². The Labute approximate surface area is 219 Å². The number of amides is 1. The highest BCUT2D eigenvalue weighted by atomic mass is 19.1. The molecule has 0 unspecified atom stereocenters. The number of carboxylic acids is 1. The van der Waals surface area contributed by atoms with Gasteiger partial charge in [-0.2, -0.15) is 4.98 Å². The van der Waals surface area contributed by atoms with Crippen LogP contribution in [0.5, 0.6) is 0 Å². The lowest BCUT2D eigenvalue weighted by Gasteiger charge is -2.29. The monoisotopic (exact) mass is 527 g/mol. The lowest BCUT2D eigenvalue weighted by molar-refractivity contribution is -0.144. The summed E-state index contributed by atoms with van der Waals surface area (Å²) in [5, 5.41) is 12.2. The van der Waals surface area contributed by atoms with Crippen LogP contribution >= 0.6 is 0 Å². The molecule has 1 saturated carbocycles. The summed E-state index contributed by atoms with van der Waals surface area (Å²) in [6.07, 6.45) is 0.986. The normalized spacial score (nSPS) is 23.6. The van der Waals surface area contributed by atoms with E-state index in [1.165, 1.54) is 11.0 Å². The Morgan fingerprint density at radius 3 is 2.68 bits per heavy atom. The Balaban J connectivity index is 1.23. The summed E-state index contributed by atoms with van der Waals surface area (Å²) in [6, 6.07) is 10.4. The third-order valence-corrected chi connectivity index (χ3v) is 7.54. The summed E-state index contributed by atoms with van der Waals surface area (Å²) in [4.78, 5) is 30.0. The third-order valence-electron chi connectivity index (χ3n) is 7.54. The quantitative estimate of drug-likeness (QED) is 0.417. The number of carboxylic acid groups (broad SMARTS) is 1. The molecule has 3 aromatic rings. The highest BCUT2D eigenvalue weighted by Crippen LogP contribution is 2.30. The summed E-state index contributed by atoms with van der Waals surface area (Å²) in [5.41, 5.74) is 2.18. The Hall–Kier alpha value is -3.53. The average molecular weight is 528 g/mol. The minimum atomic E-state index is -1.17. The molecule has 1 aromatic heterocycles. The van der Waals surface area contributed by atoms with Crippen molar-refractivity contribution in [3.05, 3.63) is 53.3 Å². The molecule has 0 bridgehead atoms. The van der Waals surface area contributed by atoms with Gasteiger partial charge in [-0.25, -0.2) is 8.78 Å². The molecular formula is C28H31F2N3O5. The fraction of sp³-hybridized carbons (Fsp3) is 0.464. The predicted octanol–water partition coefficient (Wildman–Crippen LogP) is 5.16. The first kappa shape index (κ1) is 26.1. The number of carbonyl (C=O) groups is 2. The summed E-state index contributed by atoms with van der Waals surface area (Å²) >= 11 is 0. The number of fused-ring (bicyclic) bond motifs is 1. The second kappa shape index (κ2) is 11.1. The smallest absolute Gasteiger partial charge is 0.306 e. The van der Waals surface area contributed by atoms with Gasteiger partial charge in [0.2, 0.25) is 5.91 Å². The lowest BCUT2D eigenvalue weighted by atomic mass is 9.87. The van der Waals surface area contributed by atoms with E-state index in [0.29, 0.717) is 31.2 Å². The zero-order valence-corrected chi connectivity index (χ0v) is 21.2. The molecular weight excluding hydrogens is 496 g/mol. The van der Waals surface area contributed by atoms with Crippen LogP contribution in [-0.2, 0) is 20.7 Å². The van der Waals surface area contributed by atoms with E-state index in [9.17, 15) is 14.0 Å². The topological polar surface area (TPSA) is 105 Å². The number of nitrogens with zero attached hydrogens (tertiary/aromatic N) is 2. The van der Waals surface area contributed by atoms with E-state index in [4.69, 9.17) is 14.3 Å². The molecule has 2 aromatic carbocycles. The Kier molecular flexibility index (Phi) is 7.60. The van der Waals surface area contributed by atoms with Gasteiger partial charge in [-0.1, -0.05) is 24.3 Å². The van der Waals surface area contributed by atoms with Crippen LogP contribution in [0.1, 0.15) is 43.2 Å². The molecule has 0 spiro atoms. The molecule has 1 aliphatic carbocycles. The number of rotatable bonds is 8. The summed E-state index contributed by atoms with van der Waals surface area (Å²) in [5.74, 6) is -2.18. The lowest BCUT2D eigenvalue weighted by Crippen LogP contribution is -2.40. The molecule has 2 aliphatic rings. The second-order valence-corrected chi connectivity index (χ2v) is 10.2. The number of hydrogen-bond donors (Lipinski definition) is 2. The number of aromatic nitrogens is 1. The molecule has 8 nitrogen and oxygen atoms in total. The fourth-order valence-corrected chi connectivity index (χ4v) is 5.33. The number of carbonyl (C=O) groups excluding carboxylic acids is 1. The zero-order chi connectivity index (χ0) is 26.8. The van der Waals surface area contributed by atoms with Gasteiger partial charge in [0, 0.05) is 17.7 Å². The standard InChI is InChI=1S/C28H31F2N3O5/c1-16-4-2-3-5-22(16)31-28-32-23-11-8-18(25(30)26(23)38-28)12-24(34)33-14-19(29)13-20(33)15-37-21-9-6-17(7-10-21)27(35)36/h2-5,8,11,17,19-21H,6-7,9-10,12-15H2,1H3,(H,31,32)(H,35,36)/t17?,19-,20-,21?/m0/s1. The van der Waals surface area contributed by atoms with Crippen LogP contribution in [-0.4, -0.2) is 58.3 Å². The molecule has 10 heteroatoms. The largest absolute Gasteiger partial charge is 0.481 e. The van der Waals surface area contributed by atoms with Crippen molar-refractivity contribution in [1.82, 2.24) is 9.88 Å². The number of aryl methyl sites for hydroxylation is 1. The average Bonchev–Trinajstić information content (AvgIpc) is 3.49. The molecule has 2 fully saturated rings. The first-order chi connectivity index (χ1) is 18.3. The fourth-order valence-electron chi connectivity index (χ4n) is 5.33. The first-order valence-electron chi connectivity index (χ1n) is 13.0. The van der Waals surface area contributed by atoms with E-state index in [0.717, 1.165) is 11.3 Å². The number of likely N-dealkylation sites (tertiary alicyclic amines) is 1. The zero-order valence-electron chi connectivity index (χ0n) is 21.2. The van der Waals surface area contributed by atoms with Crippen molar-refractivity contribution in [3.63, 3.8) is 0 Å². The Bertz CT molecular complexity index is 1320. The van der Waals surface area contributed by atoms with Crippen molar-refractivity contribution < 1.29 is 32.6 Å². The van der Waals surface area contributed by atoms with Gasteiger partial charge in [-0.05, 0) is 50.3 Å². The van der Waals surface area contributed by atoms with Gasteiger partial charge in [-0.3, -0.25) is 9.59 Å². The Morgan fingerprint density at radius 2 is 1.95 bits per heavy atom. The van der Waals surface area contributed by atoms with E-state index in [2.05, 4.69) is 10.3 Å². The molecule has 2 heterocycles. The SMILES string of the molecule is Cc1ccccc1Nc1nc2ccc(CC(=O)N3C[C@@H](F)C[C@H]3COC3CCC(C(=O)O)CC3)c(F)c2o1. The maximum Gasteiger partial charge on any atom is 0.306 e. The number of alkyl halides is 1. The number of ether oxygens (including phenoxy) is 1. The van der Waals surface area contributed by atoms with Crippen LogP contribution in [0.2, 0.25) is 0 Å². The predicted molar refractivity (Wildman–Crippen MR) is 136 cm³/mol. The highest BCUT2D eigenvalue weighted by Gasteiger charge is 2.37. The summed E-state index contributed by atoms with van der Waals surface area (Å²) < 4.78 is 41.2. The van der Waals surface area contributed by atoms with Crippen LogP contribution in [0, 0.1) is 18.7 Å². The molecule has 2 N–H and O–H groups in total. The van der Waals surface area contributed by atoms with Gasteiger partial charge < -0.3 is 24.5 Å². The van der Waals surface area contributed by atoms with Gasteiger partial charge >= 0.3 is 5.97 Å². The van der Waals surface area contributed by atoms with Gasteiger partial charge in [-0.15, -0.1) is 0 Å². The molecule has 1 saturated heterocycles. The van der Waals surface area contributed by atoms with Gasteiger partial charge in [0.15, 0.2) is 11.4 Å². The number of aliphatic carboxylic acids is 1. The minimum absolute atomic E-state index is 0.0481. The van der Waals surface area contributed by atoms with Crippen molar-refractivity contribution >= 4 is 34.7 Å². The number of para-hydroxylation sites is 1. The molecule has 202 valence electrons. The van der Waals surface area contributed by atoms with Gasteiger partial charge in [0.1, 0.15) is 11.7 Å². The second-order valence-electron chi connectivity index (χ2n) is 10.2. The third kappa shape index (κ3) is 5.65. The molecule has 0 radical (unpaired) electrons. The number of oxazole rings is 1. The van der Waals surface area contributed by atoms with E-state index in [-0.39, 0.29) is 61.1 Å². The van der Waals surface area contributed by atoms with Crippen LogP contribution in [0.4, 0.5) is 20.5 Å². The highest BCUT2D eigenvalue weighted by molar-refractivity contribution is 5.83. The van der Waals surface area contributed by atoms with Gasteiger partial charge in [0.25, 0.3) is 6.01 Å². The Morgan fingerprint density at radius 1 is 1.18 bits per heavy atom. The molecule has 2 atom stereocenters. The van der Waals surface area contributed by atoms with E-state index >= 15 is 4.39 Å². The van der Waals surface area contributed by atoms with E-state index in [1.54, 1.807) is 6.07 Å². The van der Waals surface area contributed by atoms with Crippen LogP contribution < -0.4 is 5.32 Å². The first-order valence-corrected chi connectivity index (χ1v) is 13.0. The van der Waals surface area contributed by atoms with Gasteiger partial charge in [0.05, 0.1) is 37.6 Å². The molecule has 5 rings (SSSR count). The number of halogens is 2.